The Morgan fingerprint density at radius 2 is 2.06 bits per heavy atom. The van der Waals surface area contributed by atoms with Crippen LogP contribution in [0.25, 0.3) is 0 Å². The van der Waals surface area contributed by atoms with Crippen LogP contribution in [0.15, 0.2) is 0 Å². The van der Waals surface area contributed by atoms with Gasteiger partial charge in [0.05, 0.1) is 13.7 Å². The first kappa shape index (κ1) is 12.8. The molecule has 0 aliphatic carbocycles. The smallest absolute Gasteiger partial charge is 0.322 e. The minimum absolute atomic E-state index is 0.302. The lowest BCUT2D eigenvalue weighted by Crippen LogP contribution is -2.36. The highest BCUT2D eigenvalue weighted by atomic mass is 16.5. The van der Waals surface area contributed by atoms with E-state index in [9.17, 15) is 0 Å². The van der Waals surface area contributed by atoms with Crippen LogP contribution in [0.5, 0.6) is 6.01 Å². The number of rotatable bonds is 4. The van der Waals surface area contributed by atoms with E-state index in [0.29, 0.717) is 29.9 Å². The Balaban J connectivity index is 2.12. The van der Waals surface area contributed by atoms with Gasteiger partial charge in [0.25, 0.3) is 0 Å². The quantitative estimate of drug-likeness (QED) is 0.819. The fraction of sp³-hybridized carbons (Fsp3) is 0.727. The Labute approximate surface area is 106 Å². The van der Waals surface area contributed by atoms with Gasteiger partial charge in [-0.15, -0.1) is 0 Å². The summed E-state index contributed by atoms with van der Waals surface area (Å²) in [6.07, 6.45) is 0.948. The maximum absolute atomic E-state index is 5.41. The van der Waals surface area contributed by atoms with Crippen LogP contribution in [0.4, 0.5) is 11.9 Å². The second kappa shape index (κ2) is 5.81. The van der Waals surface area contributed by atoms with E-state index in [-0.39, 0.29) is 0 Å². The summed E-state index contributed by atoms with van der Waals surface area (Å²) in [5.41, 5.74) is 0. The number of hydrogen-bond acceptors (Lipinski definition) is 7. The van der Waals surface area contributed by atoms with E-state index in [1.165, 1.54) is 7.11 Å². The van der Waals surface area contributed by atoms with Gasteiger partial charge in [0.15, 0.2) is 0 Å². The van der Waals surface area contributed by atoms with Gasteiger partial charge in [-0.25, -0.2) is 0 Å². The first-order valence-electron chi connectivity index (χ1n) is 6.05. The summed E-state index contributed by atoms with van der Waals surface area (Å²) in [6.45, 7) is 3.68. The molecule has 100 valence electrons. The fourth-order valence-electron chi connectivity index (χ4n) is 1.88. The van der Waals surface area contributed by atoms with Gasteiger partial charge in [-0.3, -0.25) is 0 Å². The van der Waals surface area contributed by atoms with Gasteiger partial charge < -0.3 is 20.1 Å². The summed E-state index contributed by atoms with van der Waals surface area (Å²) in [4.78, 5) is 12.5. The molecule has 2 atom stereocenters. The first-order valence-corrected chi connectivity index (χ1v) is 6.05. The van der Waals surface area contributed by atoms with Gasteiger partial charge in [-0.1, -0.05) is 6.92 Å². The predicted octanol–water partition coefficient (Wildman–Crippen LogP) is 0.759. The summed E-state index contributed by atoms with van der Waals surface area (Å²) in [5.74, 6) is 1.45. The van der Waals surface area contributed by atoms with Crippen molar-refractivity contribution in [3.8, 4) is 6.01 Å². The van der Waals surface area contributed by atoms with Crippen molar-refractivity contribution >= 4 is 11.9 Å². The van der Waals surface area contributed by atoms with Crippen molar-refractivity contribution in [1.82, 2.24) is 15.0 Å². The van der Waals surface area contributed by atoms with E-state index < -0.39 is 0 Å². The molecule has 1 aromatic rings. The van der Waals surface area contributed by atoms with Crippen LogP contribution in [-0.4, -0.2) is 48.4 Å². The molecule has 1 aliphatic rings. The van der Waals surface area contributed by atoms with E-state index in [4.69, 9.17) is 9.47 Å². The fourth-order valence-corrected chi connectivity index (χ4v) is 1.88. The summed E-state index contributed by atoms with van der Waals surface area (Å²) >= 11 is 0. The monoisotopic (exact) mass is 253 g/mol. The number of ether oxygens (including phenoxy) is 2. The molecule has 7 nitrogen and oxygen atoms in total. The van der Waals surface area contributed by atoms with Crippen LogP contribution < -0.4 is 15.4 Å². The molecule has 0 spiro atoms. The first-order chi connectivity index (χ1) is 8.72. The predicted molar refractivity (Wildman–Crippen MR) is 67.9 cm³/mol. The van der Waals surface area contributed by atoms with Crippen LogP contribution in [0.1, 0.15) is 13.3 Å². The molecule has 1 fully saturated rings. The summed E-state index contributed by atoms with van der Waals surface area (Å²) in [5, 5.41) is 6.20. The van der Waals surface area contributed by atoms with Gasteiger partial charge in [0.2, 0.25) is 11.9 Å². The molecule has 2 N–H and O–H groups in total. The zero-order valence-corrected chi connectivity index (χ0v) is 10.9. The van der Waals surface area contributed by atoms with Crippen LogP contribution in [-0.2, 0) is 4.74 Å². The maximum atomic E-state index is 5.41. The molecule has 1 aliphatic heterocycles. The molecule has 2 rings (SSSR count). The van der Waals surface area contributed by atoms with Crippen LogP contribution >= 0.6 is 0 Å². The largest absolute Gasteiger partial charge is 0.467 e. The van der Waals surface area contributed by atoms with Gasteiger partial charge in [-0.05, 0) is 12.3 Å². The molecule has 0 saturated carbocycles. The molecular formula is C11H19N5O2. The van der Waals surface area contributed by atoms with Crippen molar-refractivity contribution in [2.24, 2.45) is 5.92 Å². The van der Waals surface area contributed by atoms with E-state index >= 15 is 0 Å². The van der Waals surface area contributed by atoms with Gasteiger partial charge >= 0.3 is 6.01 Å². The number of aromatic nitrogens is 3. The van der Waals surface area contributed by atoms with Gasteiger partial charge in [-0.2, -0.15) is 15.0 Å². The van der Waals surface area contributed by atoms with Crippen LogP contribution in [0, 0.1) is 5.92 Å². The lowest BCUT2D eigenvalue weighted by Gasteiger charge is -2.29. The van der Waals surface area contributed by atoms with Crippen molar-refractivity contribution in [3.63, 3.8) is 0 Å². The number of hydrogen-bond donors (Lipinski definition) is 2. The van der Waals surface area contributed by atoms with Crippen LogP contribution in [0.3, 0.4) is 0 Å². The molecule has 0 radical (unpaired) electrons. The second-order valence-electron chi connectivity index (χ2n) is 4.31. The Hall–Kier alpha value is -1.63. The van der Waals surface area contributed by atoms with E-state index in [0.717, 1.165) is 19.6 Å². The third-order valence-electron chi connectivity index (χ3n) is 2.98. The number of nitrogens with zero attached hydrogens (tertiary/aromatic N) is 3. The van der Waals surface area contributed by atoms with Crippen molar-refractivity contribution in [3.05, 3.63) is 0 Å². The molecule has 2 unspecified atom stereocenters. The number of methoxy groups -OCH3 is 1. The lowest BCUT2D eigenvalue weighted by molar-refractivity contribution is 0.0536. The lowest BCUT2D eigenvalue weighted by atomic mass is 9.98. The number of anilines is 2. The van der Waals surface area contributed by atoms with Crippen molar-refractivity contribution in [2.45, 2.75) is 19.4 Å². The third-order valence-corrected chi connectivity index (χ3v) is 2.98. The average Bonchev–Trinajstić information content (AvgIpc) is 2.41. The topological polar surface area (TPSA) is 81.2 Å². The normalized spacial score (nSPS) is 23.5. The Kier molecular flexibility index (Phi) is 4.14. The van der Waals surface area contributed by atoms with Gasteiger partial charge in [0.1, 0.15) is 0 Å². The summed E-state index contributed by atoms with van der Waals surface area (Å²) < 4.78 is 10.5. The minimum Gasteiger partial charge on any atom is -0.467 e. The van der Waals surface area contributed by atoms with Gasteiger partial charge in [0, 0.05) is 19.7 Å². The molecule has 0 bridgehead atoms. The SMILES string of the molecule is CNc1nc(NC2CCOCC2C)nc(OC)n1. The Morgan fingerprint density at radius 3 is 2.72 bits per heavy atom. The van der Waals surface area contributed by atoms with Crippen molar-refractivity contribution in [1.29, 1.82) is 0 Å². The third kappa shape index (κ3) is 2.98. The molecule has 1 saturated heterocycles. The highest BCUT2D eigenvalue weighted by molar-refractivity contribution is 5.36. The Bertz CT molecular complexity index is 379. The van der Waals surface area contributed by atoms with E-state index in [1.54, 1.807) is 7.05 Å². The zero-order valence-electron chi connectivity index (χ0n) is 10.9. The standard InChI is InChI=1S/C11H19N5O2/c1-7-6-18-5-4-8(7)13-10-14-9(12-2)15-11(16-10)17-3/h7-8H,4-6H2,1-3H3,(H2,12,13,14,15,16). The summed E-state index contributed by atoms with van der Waals surface area (Å²) in [6, 6.07) is 0.618. The maximum Gasteiger partial charge on any atom is 0.322 e. The average molecular weight is 253 g/mol. The van der Waals surface area contributed by atoms with E-state index in [1.807, 2.05) is 0 Å². The molecule has 0 aromatic carbocycles. The second-order valence-corrected chi connectivity index (χ2v) is 4.31. The Morgan fingerprint density at radius 1 is 1.28 bits per heavy atom. The van der Waals surface area contributed by atoms with Crippen molar-refractivity contribution in [2.75, 3.05) is 38.0 Å². The molecule has 2 heterocycles. The highest BCUT2D eigenvalue weighted by Gasteiger charge is 2.22. The molecular weight excluding hydrogens is 234 g/mol. The summed E-state index contributed by atoms with van der Waals surface area (Å²) in [7, 11) is 3.30. The molecule has 7 heteroatoms. The molecule has 0 amide bonds. The van der Waals surface area contributed by atoms with Crippen LogP contribution in [0.2, 0.25) is 0 Å². The highest BCUT2D eigenvalue weighted by Crippen LogP contribution is 2.19. The van der Waals surface area contributed by atoms with E-state index in [2.05, 4.69) is 32.5 Å². The molecule has 1 aromatic heterocycles. The van der Waals surface area contributed by atoms with Crippen molar-refractivity contribution < 1.29 is 9.47 Å². The minimum atomic E-state index is 0.302. The zero-order chi connectivity index (χ0) is 13.0. The number of nitrogens with one attached hydrogen (secondary N) is 2. The molecule has 18 heavy (non-hydrogen) atoms.